The lowest BCUT2D eigenvalue weighted by Crippen LogP contribution is -2.26. The van der Waals surface area contributed by atoms with Gasteiger partial charge in [-0.25, -0.2) is 0 Å². The first-order valence-electron chi connectivity index (χ1n) is 9.40. The SMILES string of the molecule is COc1ccc2nnc(CCCC(=O)NCCn3ccc4ccc(Br)cc43)n2n1. The third-order valence-electron chi connectivity index (χ3n) is 4.73. The molecule has 3 aromatic heterocycles. The molecule has 0 radical (unpaired) electrons. The number of aryl methyl sites for hydroxylation is 1. The molecule has 0 atom stereocenters. The largest absolute Gasteiger partial charge is 0.480 e. The molecule has 3 heterocycles. The molecule has 1 aromatic carbocycles. The van der Waals surface area contributed by atoms with Crippen molar-refractivity contribution >= 4 is 38.4 Å². The summed E-state index contributed by atoms with van der Waals surface area (Å²) in [6, 6.07) is 11.8. The molecule has 8 nitrogen and oxygen atoms in total. The zero-order chi connectivity index (χ0) is 20.2. The summed E-state index contributed by atoms with van der Waals surface area (Å²) in [7, 11) is 1.57. The average molecular weight is 457 g/mol. The van der Waals surface area contributed by atoms with Gasteiger partial charge in [-0.05, 0) is 36.1 Å². The molecule has 0 bridgehead atoms. The first-order valence-corrected chi connectivity index (χ1v) is 10.2. The van der Waals surface area contributed by atoms with Gasteiger partial charge < -0.3 is 14.6 Å². The van der Waals surface area contributed by atoms with E-state index in [0.29, 0.717) is 37.3 Å². The van der Waals surface area contributed by atoms with Gasteiger partial charge >= 0.3 is 0 Å². The van der Waals surface area contributed by atoms with Crippen LogP contribution in [0, 0.1) is 0 Å². The molecule has 4 aromatic rings. The van der Waals surface area contributed by atoms with Crippen LogP contribution in [-0.2, 0) is 17.8 Å². The molecule has 0 saturated carbocycles. The summed E-state index contributed by atoms with van der Waals surface area (Å²) in [6.07, 6.45) is 3.76. The molecule has 0 spiro atoms. The Kier molecular flexibility index (Phi) is 5.75. The number of aromatic nitrogens is 5. The maximum Gasteiger partial charge on any atom is 0.231 e. The van der Waals surface area contributed by atoms with Crippen LogP contribution in [0.5, 0.6) is 5.88 Å². The minimum absolute atomic E-state index is 0.0296. The smallest absolute Gasteiger partial charge is 0.231 e. The monoisotopic (exact) mass is 456 g/mol. The number of amides is 1. The van der Waals surface area contributed by atoms with Crippen LogP contribution in [0.4, 0.5) is 0 Å². The summed E-state index contributed by atoms with van der Waals surface area (Å²) < 4.78 is 9.98. The predicted octanol–water partition coefficient (Wildman–Crippen LogP) is 2.99. The number of carbonyl (C=O) groups excluding carboxylic acids is 1. The maximum atomic E-state index is 12.2. The van der Waals surface area contributed by atoms with Gasteiger partial charge in [-0.3, -0.25) is 4.79 Å². The second-order valence-corrected chi connectivity index (χ2v) is 7.59. The molecule has 4 rings (SSSR count). The average Bonchev–Trinajstić information content (AvgIpc) is 3.31. The number of carbonyl (C=O) groups is 1. The Balaban J connectivity index is 1.26. The number of benzene rings is 1. The third-order valence-corrected chi connectivity index (χ3v) is 5.22. The molecule has 1 N–H and O–H groups in total. The number of halogens is 1. The molecule has 150 valence electrons. The number of nitrogens with one attached hydrogen (secondary N) is 1. The van der Waals surface area contributed by atoms with Crippen molar-refractivity contribution in [2.45, 2.75) is 25.8 Å². The van der Waals surface area contributed by atoms with Gasteiger partial charge in [0.25, 0.3) is 0 Å². The Hall–Kier alpha value is -2.94. The molecule has 0 unspecified atom stereocenters. The molecule has 1 amide bonds. The predicted molar refractivity (Wildman–Crippen MR) is 113 cm³/mol. The highest BCUT2D eigenvalue weighted by molar-refractivity contribution is 9.10. The quantitative estimate of drug-likeness (QED) is 0.440. The van der Waals surface area contributed by atoms with Gasteiger partial charge in [0, 0.05) is 48.2 Å². The second kappa shape index (κ2) is 8.60. The van der Waals surface area contributed by atoms with Crippen LogP contribution >= 0.6 is 15.9 Å². The standard InChI is InChI=1S/C20H21BrN6O2/c1-29-20-8-7-18-24-23-17(27(18)25-20)3-2-4-19(28)22-10-12-26-11-9-14-5-6-15(21)13-16(14)26/h5-9,11,13H,2-4,10,12H2,1H3,(H,22,28). The van der Waals surface area contributed by atoms with E-state index in [1.807, 2.05) is 12.3 Å². The van der Waals surface area contributed by atoms with Crippen LogP contribution in [0.1, 0.15) is 18.7 Å². The lowest BCUT2D eigenvalue weighted by molar-refractivity contribution is -0.121. The lowest BCUT2D eigenvalue weighted by atomic mass is 10.2. The zero-order valence-corrected chi connectivity index (χ0v) is 17.6. The maximum absolute atomic E-state index is 12.2. The number of ether oxygens (including phenoxy) is 1. The normalized spacial score (nSPS) is 11.2. The van der Waals surface area contributed by atoms with Crippen LogP contribution in [0.15, 0.2) is 47.1 Å². The fourth-order valence-electron chi connectivity index (χ4n) is 3.24. The molecule has 0 saturated heterocycles. The number of hydrogen-bond acceptors (Lipinski definition) is 5. The fourth-order valence-corrected chi connectivity index (χ4v) is 3.59. The fraction of sp³-hybridized carbons (Fsp3) is 0.300. The van der Waals surface area contributed by atoms with Crippen LogP contribution < -0.4 is 10.1 Å². The topological polar surface area (TPSA) is 86.3 Å². The van der Waals surface area contributed by atoms with E-state index in [9.17, 15) is 4.79 Å². The van der Waals surface area contributed by atoms with Crippen molar-refractivity contribution in [2.24, 2.45) is 0 Å². The highest BCUT2D eigenvalue weighted by atomic mass is 79.9. The number of fused-ring (bicyclic) bond motifs is 2. The van der Waals surface area contributed by atoms with Crippen molar-refractivity contribution in [1.82, 2.24) is 29.7 Å². The van der Waals surface area contributed by atoms with Crippen molar-refractivity contribution in [2.75, 3.05) is 13.7 Å². The van der Waals surface area contributed by atoms with Crippen molar-refractivity contribution in [1.29, 1.82) is 0 Å². The summed E-state index contributed by atoms with van der Waals surface area (Å²) >= 11 is 3.50. The number of nitrogens with zero attached hydrogens (tertiary/aromatic N) is 5. The molecule has 0 aliphatic heterocycles. The summed E-state index contributed by atoms with van der Waals surface area (Å²) in [5.74, 6) is 1.25. The second-order valence-electron chi connectivity index (χ2n) is 6.68. The molecule has 29 heavy (non-hydrogen) atoms. The van der Waals surface area contributed by atoms with Crippen molar-refractivity contribution in [3.63, 3.8) is 0 Å². The molecule has 0 fully saturated rings. The Morgan fingerprint density at radius 1 is 1.21 bits per heavy atom. The lowest BCUT2D eigenvalue weighted by Gasteiger charge is -2.08. The van der Waals surface area contributed by atoms with E-state index in [2.05, 4.69) is 59.3 Å². The van der Waals surface area contributed by atoms with E-state index in [1.54, 1.807) is 23.8 Å². The zero-order valence-electron chi connectivity index (χ0n) is 16.0. The van der Waals surface area contributed by atoms with E-state index in [4.69, 9.17) is 4.74 Å². The highest BCUT2D eigenvalue weighted by Crippen LogP contribution is 2.20. The van der Waals surface area contributed by atoms with E-state index in [1.165, 1.54) is 5.39 Å². The van der Waals surface area contributed by atoms with E-state index in [-0.39, 0.29) is 5.91 Å². The Morgan fingerprint density at radius 2 is 2.10 bits per heavy atom. The van der Waals surface area contributed by atoms with E-state index >= 15 is 0 Å². The van der Waals surface area contributed by atoms with Gasteiger partial charge in [0.15, 0.2) is 11.5 Å². The van der Waals surface area contributed by atoms with Crippen molar-refractivity contribution in [3.05, 3.63) is 52.9 Å². The van der Waals surface area contributed by atoms with Gasteiger partial charge in [-0.1, -0.05) is 22.0 Å². The molecule has 0 aliphatic carbocycles. The highest BCUT2D eigenvalue weighted by Gasteiger charge is 2.09. The summed E-state index contributed by atoms with van der Waals surface area (Å²) in [5, 5.41) is 16.7. The summed E-state index contributed by atoms with van der Waals surface area (Å²) in [6.45, 7) is 1.31. The van der Waals surface area contributed by atoms with Gasteiger partial charge in [0.2, 0.25) is 11.8 Å². The summed E-state index contributed by atoms with van der Waals surface area (Å²) in [4.78, 5) is 12.2. The van der Waals surface area contributed by atoms with Crippen LogP contribution in [0.2, 0.25) is 0 Å². The van der Waals surface area contributed by atoms with E-state index < -0.39 is 0 Å². The molecular weight excluding hydrogens is 436 g/mol. The van der Waals surface area contributed by atoms with Gasteiger partial charge in [-0.2, -0.15) is 4.52 Å². The Labute approximate surface area is 176 Å². The Bertz CT molecular complexity index is 1150. The van der Waals surface area contributed by atoms with Gasteiger partial charge in [-0.15, -0.1) is 15.3 Å². The number of methoxy groups -OCH3 is 1. The molecule has 0 aliphatic rings. The van der Waals surface area contributed by atoms with Crippen molar-refractivity contribution < 1.29 is 9.53 Å². The third kappa shape index (κ3) is 4.40. The number of hydrogen-bond donors (Lipinski definition) is 1. The number of rotatable bonds is 8. The summed E-state index contributed by atoms with van der Waals surface area (Å²) in [5.41, 5.74) is 1.81. The van der Waals surface area contributed by atoms with Crippen LogP contribution in [-0.4, -0.2) is 43.9 Å². The van der Waals surface area contributed by atoms with Gasteiger partial charge in [0.1, 0.15) is 0 Å². The van der Waals surface area contributed by atoms with Crippen LogP contribution in [0.3, 0.4) is 0 Å². The first-order chi connectivity index (χ1) is 14.1. The molecule has 9 heteroatoms. The van der Waals surface area contributed by atoms with E-state index in [0.717, 1.165) is 22.4 Å². The molecular formula is C20H21BrN6O2. The van der Waals surface area contributed by atoms with Gasteiger partial charge in [0.05, 0.1) is 7.11 Å². The minimum Gasteiger partial charge on any atom is -0.480 e. The van der Waals surface area contributed by atoms with Crippen molar-refractivity contribution in [3.8, 4) is 5.88 Å². The first kappa shape index (κ1) is 19.4. The Morgan fingerprint density at radius 3 is 2.97 bits per heavy atom. The minimum atomic E-state index is 0.0296. The van der Waals surface area contributed by atoms with Crippen LogP contribution in [0.25, 0.3) is 16.6 Å².